The van der Waals surface area contributed by atoms with Crippen LogP contribution in [-0.2, 0) is 30.5 Å². The van der Waals surface area contributed by atoms with Gasteiger partial charge in [-0.1, -0.05) is 128 Å². The van der Waals surface area contributed by atoms with Gasteiger partial charge in [-0.3, -0.25) is 4.18 Å². The maximum Gasteiger partial charge on any atom is 0.296 e. The number of halogens is 6. The van der Waals surface area contributed by atoms with Crippen molar-refractivity contribution in [3.05, 3.63) is 109 Å². The molecule has 316 valence electrons. The number of rotatable bonds is 11. The average molecular weight is 1200 g/mol. The predicted molar refractivity (Wildman–Crippen MR) is 265 cm³/mol. The molecule has 4 aromatic carbocycles. The van der Waals surface area contributed by atoms with E-state index in [1.165, 1.54) is 0 Å². The van der Waals surface area contributed by atoms with Crippen molar-refractivity contribution < 1.29 is 27.2 Å². The number of benzene rings is 4. The standard InChI is InChI=1S/C23H28Cl2I2O2.C11H16O3S.C10H12ClIO/c1-22(2,3)14-10-20(18(26)12-16(14)24)28-8-7-9-29-21-11-15(23(4,5)6)17(25)13-19(21)27;1-3-4-9-14-15(12,13)11-7-5-10(2)6-8-11;1-10(2,3)6-4-9(13)8(12)5-7(6)11/h10-13H,7-9H2,1-6H3;5-8H,3-4,9H2,1-2H3;4-5,13H,1-3H3. The molecule has 0 radical (unpaired) electrons. The van der Waals surface area contributed by atoms with Crippen LogP contribution >= 0.6 is 103 Å². The van der Waals surface area contributed by atoms with Crippen molar-refractivity contribution in [3.63, 3.8) is 0 Å². The summed E-state index contributed by atoms with van der Waals surface area (Å²) in [6.07, 6.45) is 2.46. The lowest BCUT2D eigenvalue weighted by atomic mass is 9.87. The van der Waals surface area contributed by atoms with Crippen LogP contribution in [0.3, 0.4) is 0 Å². The van der Waals surface area contributed by atoms with Crippen molar-refractivity contribution in [2.75, 3.05) is 19.8 Å². The molecule has 6 nitrogen and oxygen atoms in total. The molecule has 0 unspecified atom stereocenters. The number of unbranched alkanes of at least 4 members (excludes halogenated alkanes) is 1. The van der Waals surface area contributed by atoms with Crippen molar-refractivity contribution in [3.8, 4) is 17.2 Å². The van der Waals surface area contributed by atoms with Gasteiger partial charge in [0.1, 0.15) is 17.2 Å². The third kappa shape index (κ3) is 17.3. The Kier molecular flexibility index (Phi) is 21.1. The lowest BCUT2D eigenvalue weighted by Gasteiger charge is -2.23. The maximum absolute atomic E-state index is 11.6. The van der Waals surface area contributed by atoms with E-state index in [0.29, 0.717) is 19.0 Å². The third-order valence-electron chi connectivity index (χ3n) is 8.35. The zero-order valence-electron chi connectivity index (χ0n) is 34.7. The Morgan fingerprint density at radius 2 is 0.982 bits per heavy atom. The second kappa shape index (κ2) is 22.9. The maximum atomic E-state index is 11.6. The van der Waals surface area contributed by atoms with Crippen LogP contribution in [0.1, 0.15) is 111 Å². The highest BCUT2D eigenvalue weighted by molar-refractivity contribution is 14.1. The molecule has 1 N–H and O–H groups in total. The van der Waals surface area contributed by atoms with Gasteiger partial charge < -0.3 is 14.6 Å². The topological polar surface area (TPSA) is 82.1 Å². The monoisotopic (exact) mass is 1200 g/mol. The molecular formula is C44H56Cl3I3O6S. The fourth-order valence-electron chi connectivity index (χ4n) is 5.05. The minimum atomic E-state index is -3.55. The van der Waals surface area contributed by atoms with Gasteiger partial charge in [-0.05, 0) is 163 Å². The average Bonchev–Trinajstić information content (AvgIpc) is 3.07. The van der Waals surface area contributed by atoms with Crippen LogP contribution in [0.2, 0.25) is 15.1 Å². The molecule has 0 bridgehead atoms. The van der Waals surface area contributed by atoms with Crippen LogP contribution in [0.15, 0.2) is 65.6 Å². The molecule has 0 spiro atoms. The highest BCUT2D eigenvalue weighted by Crippen LogP contribution is 2.38. The predicted octanol–water partition coefficient (Wildman–Crippen LogP) is 15.1. The first kappa shape index (κ1) is 52.4. The summed E-state index contributed by atoms with van der Waals surface area (Å²) in [5.74, 6) is 2.04. The zero-order valence-corrected chi connectivity index (χ0v) is 44.2. The summed E-state index contributed by atoms with van der Waals surface area (Å²) in [4.78, 5) is 0.226. The fourth-order valence-corrected chi connectivity index (χ4v) is 9.60. The second-order valence-electron chi connectivity index (χ2n) is 16.6. The zero-order chi connectivity index (χ0) is 43.5. The van der Waals surface area contributed by atoms with Crippen LogP contribution in [0.4, 0.5) is 0 Å². The Morgan fingerprint density at radius 1 is 0.596 bits per heavy atom. The van der Waals surface area contributed by atoms with Crippen molar-refractivity contribution in [2.24, 2.45) is 0 Å². The first-order valence-corrected chi connectivity index (χ1v) is 24.4. The van der Waals surface area contributed by atoms with Crippen LogP contribution in [0.25, 0.3) is 0 Å². The lowest BCUT2D eigenvalue weighted by molar-refractivity contribution is 0.245. The summed E-state index contributed by atoms with van der Waals surface area (Å²) in [6.45, 7) is 24.4. The largest absolute Gasteiger partial charge is 0.507 e. The van der Waals surface area contributed by atoms with Crippen LogP contribution in [0, 0.1) is 17.6 Å². The quantitative estimate of drug-likeness (QED) is 0.0915. The molecule has 0 atom stereocenters. The fraction of sp³-hybridized carbons (Fsp3) is 0.455. The molecule has 0 aliphatic rings. The number of phenols is 1. The van der Waals surface area contributed by atoms with Crippen LogP contribution in [-0.4, -0.2) is 33.3 Å². The van der Waals surface area contributed by atoms with Crippen molar-refractivity contribution in [1.82, 2.24) is 0 Å². The lowest BCUT2D eigenvalue weighted by Crippen LogP contribution is -2.14. The number of hydrogen-bond donors (Lipinski definition) is 1. The number of ether oxygens (including phenoxy) is 2. The molecule has 4 rings (SSSR count). The number of hydrogen-bond acceptors (Lipinski definition) is 6. The molecule has 0 saturated heterocycles. The number of phenolic OH excluding ortho intramolecular Hbond substituents is 1. The summed E-state index contributed by atoms with van der Waals surface area (Å²) in [6, 6.07) is 18.2. The van der Waals surface area contributed by atoms with E-state index in [1.807, 2.05) is 26.0 Å². The number of aromatic hydroxyl groups is 1. The van der Waals surface area contributed by atoms with Crippen molar-refractivity contribution in [2.45, 2.75) is 117 Å². The Hall–Kier alpha value is -0.750. The van der Waals surface area contributed by atoms with Gasteiger partial charge in [0, 0.05) is 21.5 Å². The van der Waals surface area contributed by atoms with Gasteiger partial charge in [0.15, 0.2) is 0 Å². The molecule has 57 heavy (non-hydrogen) atoms. The Labute approximate surface area is 398 Å². The summed E-state index contributed by atoms with van der Waals surface area (Å²) in [5, 5.41) is 11.8. The summed E-state index contributed by atoms with van der Waals surface area (Å²) in [5.41, 5.74) is 4.11. The van der Waals surface area contributed by atoms with E-state index in [2.05, 4.69) is 142 Å². The van der Waals surface area contributed by atoms with Gasteiger partial charge in [0.25, 0.3) is 10.1 Å². The van der Waals surface area contributed by atoms with Crippen LogP contribution < -0.4 is 9.47 Å². The molecule has 0 heterocycles. The molecular weight excluding hydrogens is 1140 g/mol. The van der Waals surface area contributed by atoms with Gasteiger partial charge in [0.2, 0.25) is 0 Å². The summed E-state index contributed by atoms with van der Waals surface area (Å²) in [7, 11) is -3.55. The van der Waals surface area contributed by atoms with Crippen molar-refractivity contribution in [1.29, 1.82) is 0 Å². The molecule has 0 aromatic heterocycles. The molecule has 0 aliphatic heterocycles. The Balaban J connectivity index is 0.000000333. The summed E-state index contributed by atoms with van der Waals surface area (Å²) >= 11 is 25.5. The van der Waals surface area contributed by atoms with Crippen LogP contribution in [0.5, 0.6) is 17.2 Å². The summed E-state index contributed by atoms with van der Waals surface area (Å²) < 4.78 is 42.9. The van der Waals surface area contributed by atoms with E-state index in [4.69, 9.17) is 48.5 Å². The third-order valence-corrected chi connectivity index (χ3v) is 13.2. The van der Waals surface area contributed by atoms with E-state index in [1.54, 1.807) is 36.4 Å². The molecule has 13 heteroatoms. The Bertz CT molecular complexity index is 1970. The van der Waals surface area contributed by atoms with Gasteiger partial charge in [-0.15, -0.1) is 0 Å². The van der Waals surface area contributed by atoms with E-state index < -0.39 is 10.1 Å². The van der Waals surface area contributed by atoms with Gasteiger partial charge >= 0.3 is 0 Å². The van der Waals surface area contributed by atoms with E-state index >= 15 is 0 Å². The van der Waals surface area contributed by atoms with E-state index in [9.17, 15) is 13.5 Å². The minimum Gasteiger partial charge on any atom is -0.507 e. The smallest absolute Gasteiger partial charge is 0.296 e. The second-order valence-corrected chi connectivity index (χ2v) is 22.9. The normalized spacial score (nSPS) is 11.9. The Morgan fingerprint density at radius 3 is 1.37 bits per heavy atom. The highest BCUT2D eigenvalue weighted by atomic mass is 127. The molecule has 4 aromatic rings. The van der Waals surface area contributed by atoms with Gasteiger partial charge in [0.05, 0.1) is 35.4 Å². The van der Waals surface area contributed by atoms with E-state index in [0.717, 1.165) is 78.8 Å². The van der Waals surface area contributed by atoms with Crippen molar-refractivity contribution >= 4 is 113 Å². The SMILES string of the molecule is CC(C)(C)c1cc(O)c(I)cc1Cl.CC(C)(C)c1cc(OCCCOc2cc(C(C)(C)C)c(Cl)cc2I)c(I)cc1Cl.CCCCOS(=O)(=O)c1ccc(C)cc1. The van der Waals surface area contributed by atoms with E-state index in [-0.39, 0.29) is 27.7 Å². The van der Waals surface area contributed by atoms with Gasteiger partial charge in [-0.25, -0.2) is 0 Å². The minimum absolute atomic E-state index is 0.0289. The molecule has 0 fully saturated rings. The molecule has 0 amide bonds. The molecule has 0 aliphatic carbocycles. The first-order valence-electron chi connectivity index (χ1n) is 18.6. The molecule has 0 saturated carbocycles. The van der Waals surface area contributed by atoms with Gasteiger partial charge in [-0.2, -0.15) is 8.42 Å². The first-order chi connectivity index (χ1) is 26.2. The highest BCUT2D eigenvalue weighted by Gasteiger charge is 2.22. The number of aryl methyl sites for hydroxylation is 1.